The molecule has 0 radical (unpaired) electrons. The van der Waals surface area contributed by atoms with Crippen LogP contribution in [0.5, 0.6) is 0 Å². The average molecular weight is 1580 g/mol. The molecule has 0 fully saturated rings. The highest BCUT2D eigenvalue weighted by molar-refractivity contribution is 6.28. The normalized spacial score (nSPS) is 10.7. The number of fused-ring (bicyclic) bond motifs is 21. The van der Waals surface area contributed by atoms with Crippen molar-refractivity contribution < 1.29 is 0 Å². The Morgan fingerprint density at radius 3 is 0.769 bits per heavy atom. The molecule has 0 spiro atoms. The van der Waals surface area contributed by atoms with E-state index in [4.69, 9.17) is 0 Å². The summed E-state index contributed by atoms with van der Waals surface area (Å²) in [5.41, 5.74) is 24.6. The van der Waals surface area contributed by atoms with Gasteiger partial charge in [0, 0.05) is 75.9 Å². The summed E-state index contributed by atoms with van der Waals surface area (Å²) in [5, 5.41) is 27.0. The van der Waals surface area contributed by atoms with Crippen molar-refractivity contribution in [3.8, 4) is 5.69 Å². The fourth-order valence-corrected chi connectivity index (χ4v) is 15.8. The number of hydrogen-bond acceptors (Lipinski definition) is 6. The van der Waals surface area contributed by atoms with Crippen molar-refractivity contribution in [1.29, 1.82) is 0 Å². The van der Waals surface area contributed by atoms with Gasteiger partial charge in [0.2, 0.25) is 0 Å². The van der Waals surface area contributed by atoms with Gasteiger partial charge in [-0.15, -0.1) is 0 Å². The molecule has 6 heterocycles. The van der Waals surface area contributed by atoms with Gasteiger partial charge in [-0.05, 0) is 316 Å². The Hall–Kier alpha value is -13.9. The van der Waals surface area contributed by atoms with Gasteiger partial charge in [-0.2, -0.15) is 0 Å². The molecule has 0 aliphatic carbocycles. The van der Waals surface area contributed by atoms with Crippen LogP contribution >= 0.6 is 0 Å². The van der Waals surface area contributed by atoms with Gasteiger partial charge in [-0.3, -0.25) is 19.9 Å². The van der Waals surface area contributed by atoms with Crippen molar-refractivity contribution in [3.05, 3.63) is 435 Å². The molecule has 0 N–H and O–H groups in total. The van der Waals surface area contributed by atoms with Crippen molar-refractivity contribution >= 4 is 119 Å². The van der Waals surface area contributed by atoms with Crippen molar-refractivity contribution in [2.45, 2.75) is 125 Å². The molecule has 0 amide bonds. The monoisotopic (exact) mass is 1580 g/mol. The molecule has 121 heavy (non-hydrogen) atoms. The highest BCUT2D eigenvalue weighted by Gasteiger charge is 2.15. The van der Waals surface area contributed by atoms with Gasteiger partial charge >= 0.3 is 0 Å². The quantitative estimate of drug-likeness (QED) is 0.152. The third-order valence-corrected chi connectivity index (χ3v) is 21.6. The zero-order valence-corrected chi connectivity index (χ0v) is 73.4. The Labute approximate surface area is 714 Å². The van der Waals surface area contributed by atoms with Crippen molar-refractivity contribution in [2.75, 3.05) is 0 Å². The molecule has 0 aliphatic heterocycles. The predicted octanol–water partition coefficient (Wildman–Crippen LogP) is 30.6. The first-order chi connectivity index (χ1) is 58.4. The zero-order chi connectivity index (χ0) is 85.4. The van der Waals surface area contributed by atoms with Crippen LogP contribution in [0.1, 0.15) is 101 Å². The summed E-state index contributed by atoms with van der Waals surface area (Å²) in [6, 6.07) is 109. The molecular formula is C114H109N7. The standard InChI is InChI=1S/C20H17N.3C20H16.4C7H9N.C6H8N2/c1-14-8-10-17-18-11-9-15(2)13-20(18)21(19(17)12-14)16-6-4-3-5-7-16;1-13-7-9-17-15-5-3-4-6-16(15)19-11-14(2)8-10-18(19)20(17)12-13;1-13-7-9-17-18-10-8-14(2)12-20(18)16-6-4-3-5-15(16)19(17)11-13;1-13-7-9-17-15-5-3-4-6-16(15)18-10-8-14(2)12-20(18)19(17)11-13;1-6-3-7(2)5-8-4-6;1-6-3-4-8-7(2)5-6;1-6-3-4-7(2)8-5-6;1-6-4-3-5-7(2)8-6;1-5-3-4-7-6(2)8-5/h3-13H,1-2H3;3*3-12H,1-2H3;4*3-5H,1-2H3;3-4H,1-2H3. The van der Waals surface area contributed by atoms with Gasteiger partial charge < -0.3 is 4.57 Å². The van der Waals surface area contributed by atoms with Crippen LogP contribution in [0.4, 0.5) is 0 Å². The minimum atomic E-state index is 0.838. The van der Waals surface area contributed by atoms with E-state index < -0.39 is 0 Å². The third-order valence-electron chi connectivity index (χ3n) is 21.6. The first kappa shape index (κ1) is 85.0. The summed E-state index contributed by atoms with van der Waals surface area (Å²) in [4.78, 5) is 24.3. The van der Waals surface area contributed by atoms with E-state index in [0.29, 0.717) is 0 Å². The summed E-state index contributed by atoms with van der Waals surface area (Å²) >= 11 is 0. The molecule has 21 rings (SSSR count). The van der Waals surface area contributed by atoms with Gasteiger partial charge in [0.25, 0.3) is 0 Å². The third kappa shape index (κ3) is 21.2. The SMILES string of the molecule is Cc1ccc(C)nc1.Cc1ccc2c(c1)c1ccccc1c1ccc(C)cc12.Cc1ccc2c3ccc(C)cc3c3ccccc3c2c1.Cc1ccc2c3ccc(C)cc3n(-c3ccccc3)c2c1.Cc1ccc2c3ccccc3c3ccc(C)cc3c2c1.Cc1cccc(C)n1.Cc1ccnc(C)c1.Cc1ccnc(C)n1.Cc1cncc(C)c1. The highest BCUT2D eigenvalue weighted by Crippen LogP contribution is 2.40. The van der Waals surface area contributed by atoms with Crippen LogP contribution in [0.15, 0.2) is 334 Å². The van der Waals surface area contributed by atoms with Crippen LogP contribution in [-0.2, 0) is 0 Å². The molecule has 0 unspecified atom stereocenters. The number of aryl methyl sites for hydroxylation is 18. The lowest BCUT2D eigenvalue weighted by Crippen LogP contribution is -1.93. The molecule has 7 heteroatoms. The molecule has 600 valence electrons. The van der Waals surface area contributed by atoms with Crippen LogP contribution in [0.3, 0.4) is 0 Å². The Bertz CT molecular complexity index is 6690. The molecule has 0 saturated heterocycles. The number of benzene rings is 15. The van der Waals surface area contributed by atoms with Crippen LogP contribution in [0.2, 0.25) is 0 Å². The summed E-state index contributed by atoms with van der Waals surface area (Å²) in [6.45, 7) is 37.3. The summed E-state index contributed by atoms with van der Waals surface area (Å²) in [7, 11) is 0. The summed E-state index contributed by atoms with van der Waals surface area (Å²) in [5.74, 6) is 0.838. The lowest BCUT2D eigenvalue weighted by atomic mass is 9.92. The predicted molar refractivity (Wildman–Crippen MR) is 522 cm³/mol. The van der Waals surface area contributed by atoms with Crippen molar-refractivity contribution in [3.63, 3.8) is 0 Å². The second-order valence-electron chi connectivity index (χ2n) is 32.3. The topological polar surface area (TPSA) is 82.3 Å². The molecule has 0 bridgehead atoms. The van der Waals surface area contributed by atoms with Gasteiger partial charge in [0.15, 0.2) is 0 Å². The minimum Gasteiger partial charge on any atom is -0.309 e. The number of pyridine rings is 4. The van der Waals surface area contributed by atoms with Gasteiger partial charge in [0.05, 0.1) is 11.0 Å². The molecule has 15 aromatic carbocycles. The van der Waals surface area contributed by atoms with Crippen LogP contribution in [0.25, 0.3) is 124 Å². The second-order valence-corrected chi connectivity index (χ2v) is 32.3. The number of nitrogens with zero attached hydrogens (tertiary/aromatic N) is 7. The van der Waals surface area contributed by atoms with Gasteiger partial charge in [-0.1, -0.05) is 276 Å². The zero-order valence-electron chi connectivity index (χ0n) is 73.4. The summed E-state index contributed by atoms with van der Waals surface area (Å²) < 4.78 is 2.37. The number of para-hydroxylation sites is 1. The second kappa shape index (κ2) is 39.1. The molecule has 0 atom stereocenters. The first-order valence-electron chi connectivity index (χ1n) is 41.7. The Kier molecular flexibility index (Phi) is 27.5. The Morgan fingerprint density at radius 1 is 0.174 bits per heavy atom. The lowest BCUT2D eigenvalue weighted by molar-refractivity contribution is 1.01. The molecular weight excluding hydrogens is 1470 g/mol. The van der Waals surface area contributed by atoms with Gasteiger partial charge in [-0.25, -0.2) is 9.97 Å². The van der Waals surface area contributed by atoms with E-state index in [0.717, 1.165) is 34.3 Å². The van der Waals surface area contributed by atoms with E-state index in [2.05, 4.69) is 364 Å². The fourth-order valence-electron chi connectivity index (χ4n) is 15.8. The maximum atomic E-state index is 4.17. The van der Waals surface area contributed by atoms with E-state index in [1.54, 1.807) is 6.20 Å². The largest absolute Gasteiger partial charge is 0.309 e. The number of hydrogen-bond donors (Lipinski definition) is 0. The van der Waals surface area contributed by atoms with Crippen LogP contribution in [0, 0.1) is 125 Å². The van der Waals surface area contributed by atoms with E-state index in [9.17, 15) is 0 Å². The van der Waals surface area contributed by atoms with Crippen molar-refractivity contribution in [1.82, 2.24) is 34.5 Å². The molecule has 0 saturated carbocycles. The van der Waals surface area contributed by atoms with Crippen LogP contribution in [-0.4, -0.2) is 34.5 Å². The number of rotatable bonds is 1. The maximum Gasteiger partial charge on any atom is 0.125 e. The minimum absolute atomic E-state index is 0.838. The highest BCUT2D eigenvalue weighted by atomic mass is 15.0. The maximum absolute atomic E-state index is 4.17. The number of aromatic nitrogens is 7. The molecule has 0 aliphatic rings. The summed E-state index contributed by atoms with van der Waals surface area (Å²) in [6.07, 6.45) is 9.16. The fraction of sp³-hybridized carbons (Fsp3) is 0.158. The van der Waals surface area contributed by atoms with E-state index >= 15 is 0 Å². The lowest BCUT2D eigenvalue weighted by Gasteiger charge is -2.11. The Morgan fingerprint density at radius 2 is 0.479 bits per heavy atom. The average Bonchev–Trinajstić information content (AvgIpc) is 1.69. The first-order valence-corrected chi connectivity index (χ1v) is 41.7. The van der Waals surface area contributed by atoms with Gasteiger partial charge in [0.1, 0.15) is 5.82 Å². The molecule has 7 nitrogen and oxygen atoms in total. The van der Waals surface area contributed by atoms with E-state index in [1.165, 1.54) is 191 Å². The van der Waals surface area contributed by atoms with E-state index in [-0.39, 0.29) is 0 Å². The molecule has 6 aromatic heterocycles. The Balaban J connectivity index is 0.000000121. The van der Waals surface area contributed by atoms with E-state index in [1.807, 2.05) is 123 Å². The smallest absolute Gasteiger partial charge is 0.125 e. The molecule has 21 aromatic rings. The van der Waals surface area contributed by atoms with Crippen LogP contribution < -0.4 is 0 Å². The van der Waals surface area contributed by atoms with Crippen molar-refractivity contribution in [2.24, 2.45) is 0 Å².